The van der Waals surface area contributed by atoms with Crippen LogP contribution < -0.4 is 5.73 Å². The Bertz CT molecular complexity index is 343. The molecule has 0 fully saturated rings. The summed E-state index contributed by atoms with van der Waals surface area (Å²) >= 11 is 0.834. The fraction of sp³-hybridized carbons (Fsp3) is 0.500. The first-order valence-corrected chi connectivity index (χ1v) is 4.74. The first-order valence-electron chi connectivity index (χ1n) is 3.92. The highest BCUT2D eigenvalue weighted by Crippen LogP contribution is 2.44. The van der Waals surface area contributed by atoms with E-state index in [0.717, 1.165) is 11.3 Å². The van der Waals surface area contributed by atoms with Crippen molar-refractivity contribution >= 4 is 11.3 Å². The van der Waals surface area contributed by atoms with Crippen molar-refractivity contribution in [2.24, 2.45) is 5.73 Å². The van der Waals surface area contributed by atoms with E-state index in [9.17, 15) is 22.0 Å². The summed E-state index contributed by atoms with van der Waals surface area (Å²) in [7, 11) is 0. The topological polar surface area (TPSA) is 26.0 Å². The second-order valence-electron chi connectivity index (χ2n) is 3.05. The molecule has 0 aliphatic rings. The molecule has 86 valence electrons. The minimum atomic E-state index is -5.62. The van der Waals surface area contributed by atoms with E-state index in [4.69, 9.17) is 5.73 Å². The molecule has 0 spiro atoms. The summed E-state index contributed by atoms with van der Waals surface area (Å²) < 4.78 is 61.4. The molecule has 2 N–H and O–H groups in total. The number of alkyl halides is 5. The Labute approximate surface area is 86.7 Å². The van der Waals surface area contributed by atoms with E-state index >= 15 is 0 Å². The molecule has 0 aliphatic heterocycles. The van der Waals surface area contributed by atoms with Gasteiger partial charge in [-0.15, -0.1) is 11.3 Å². The first kappa shape index (κ1) is 12.4. The smallest absolute Gasteiger partial charge is 0.318 e. The van der Waals surface area contributed by atoms with Crippen molar-refractivity contribution in [3.05, 3.63) is 21.9 Å². The minimum Gasteiger partial charge on any atom is -0.318 e. The lowest BCUT2D eigenvalue weighted by Gasteiger charge is -2.24. The van der Waals surface area contributed by atoms with Crippen molar-refractivity contribution in [3.63, 3.8) is 0 Å². The normalized spacial score (nSPS) is 15.4. The van der Waals surface area contributed by atoms with E-state index in [2.05, 4.69) is 0 Å². The first-order chi connectivity index (χ1) is 6.66. The molecule has 0 aromatic carbocycles. The van der Waals surface area contributed by atoms with Crippen LogP contribution in [0, 0.1) is 6.92 Å². The predicted molar refractivity (Wildman–Crippen MR) is 47.0 cm³/mol. The summed E-state index contributed by atoms with van der Waals surface area (Å²) in [6.45, 7) is 1.60. The summed E-state index contributed by atoms with van der Waals surface area (Å²) in [6.07, 6.45) is -5.62. The van der Waals surface area contributed by atoms with Gasteiger partial charge in [0.25, 0.3) is 0 Å². The Morgan fingerprint density at radius 3 is 2.07 bits per heavy atom. The van der Waals surface area contributed by atoms with E-state index in [1.807, 2.05) is 0 Å². The van der Waals surface area contributed by atoms with Crippen LogP contribution in [0.25, 0.3) is 0 Å². The van der Waals surface area contributed by atoms with Crippen molar-refractivity contribution in [1.82, 2.24) is 0 Å². The van der Waals surface area contributed by atoms with Crippen molar-refractivity contribution < 1.29 is 22.0 Å². The molecule has 1 aromatic heterocycles. The van der Waals surface area contributed by atoms with Gasteiger partial charge < -0.3 is 5.73 Å². The maximum absolute atomic E-state index is 12.8. The van der Waals surface area contributed by atoms with Crippen molar-refractivity contribution in [2.75, 3.05) is 0 Å². The molecule has 1 aromatic rings. The van der Waals surface area contributed by atoms with Crippen LogP contribution in [0.5, 0.6) is 0 Å². The summed E-state index contributed by atoms with van der Waals surface area (Å²) in [5.41, 5.74) is 4.91. The predicted octanol–water partition coefficient (Wildman–Crippen LogP) is 3.25. The number of aryl methyl sites for hydroxylation is 1. The van der Waals surface area contributed by atoms with Gasteiger partial charge in [0.1, 0.15) is 6.04 Å². The third kappa shape index (κ3) is 2.28. The maximum atomic E-state index is 12.8. The number of halogens is 5. The molecule has 1 rings (SSSR count). The zero-order valence-electron chi connectivity index (χ0n) is 7.61. The molecular weight excluding hydrogens is 237 g/mol. The van der Waals surface area contributed by atoms with Crippen LogP contribution in [0.3, 0.4) is 0 Å². The van der Waals surface area contributed by atoms with Gasteiger partial charge in [-0.3, -0.25) is 0 Å². The average Bonchev–Trinajstić information content (AvgIpc) is 2.48. The summed E-state index contributed by atoms with van der Waals surface area (Å²) in [4.78, 5) is 0.466. The lowest BCUT2D eigenvalue weighted by molar-refractivity contribution is -0.290. The molecule has 15 heavy (non-hydrogen) atoms. The molecule has 1 nitrogen and oxygen atoms in total. The monoisotopic (exact) mass is 245 g/mol. The van der Waals surface area contributed by atoms with Crippen LogP contribution >= 0.6 is 11.3 Å². The molecular formula is C8H8F5NS. The zero-order chi connectivity index (χ0) is 11.9. The van der Waals surface area contributed by atoms with Crippen molar-refractivity contribution in [3.8, 4) is 0 Å². The number of nitrogens with two attached hydrogens (primary N) is 1. The number of hydrogen-bond acceptors (Lipinski definition) is 2. The molecule has 0 unspecified atom stereocenters. The molecule has 7 heteroatoms. The molecule has 0 saturated carbocycles. The summed E-state index contributed by atoms with van der Waals surface area (Å²) in [5.74, 6) is -4.90. The highest BCUT2D eigenvalue weighted by atomic mass is 32.1. The molecule has 1 atom stereocenters. The third-order valence-electron chi connectivity index (χ3n) is 1.84. The van der Waals surface area contributed by atoms with Crippen LogP contribution in [0.2, 0.25) is 0 Å². The van der Waals surface area contributed by atoms with Crippen LogP contribution in [0.15, 0.2) is 12.1 Å². The van der Waals surface area contributed by atoms with E-state index < -0.39 is 18.1 Å². The second-order valence-corrected chi connectivity index (χ2v) is 4.37. The van der Waals surface area contributed by atoms with Gasteiger partial charge in [0, 0.05) is 9.75 Å². The van der Waals surface area contributed by atoms with Crippen molar-refractivity contribution in [1.29, 1.82) is 0 Å². The Balaban J connectivity index is 2.99. The molecule has 0 saturated heterocycles. The standard InChI is InChI=1S/C8H8F5NS/c1-4-2-3-5(15-4)6(14)7(9,10)8(11,12)13/h2-3,6H,14H2,1H3/t6-/m1/s1. The SMILES string of the molecule is Cc1ccc([C@@H](N)C(F)(F)C(F)(F)F)s1. The fourth-order valence-electron chi connectivity index (χ4n) is 0.976. The van der Waals surface area contributed by atoms with Gasteiger partial charge in [0.05, 0.1) is 0 Å². The van der Waals surface area contributed by atoms with Crippen LogP contribution in [0.1, 0.15) is 15.8 Å². The summed E-state index contributed by atoms with van der Waals surface area (Å²) in [6, 6.07) is 0.299. The largest absolute Gasteiger partial charge is 0.455 e. The van der Waals surface area contributed by atoms with E-state index in [1.54, 1.807) is 6.92 Å². The third-order valence-corrected chi connectivity index (χ3v) is 2.92. The molecule has 0 radical (unpaired) electrons. The number of rotatable bonds is 2. The van der Waals surface area contributed by atoms with E-state index in [-0.39, 0.29) is 4.88 Å². The van der Waals surface area contributed by atoms with E-state index in [1.165, 1.54) is 12.1 Å². The van der Waals surface area contributed by atoms with Gasteiger partial charge in [0.15, 0.2) is 0 Å². The maximum Gasteiger partial charge on any atom is 0.455 e. The Kier molecular flexibility index (Phi) is 3.06. The van der Waals surface area contributed by atoms with Gasteiger partial charge >= 0.3 is 12.1 Å². The molecule has 0 aliphatic carbocycles. The highest BCUT2D eigenvalue weighted by molar-refractivity contribution is 7.12. The number of hydrogen-bond donors (Lipinski definition) is 1. The molecule has 1 heterocycles. The van der Waals surface area contributed by atoms with Gasteiger partial charge in [-0.25, -0.2) is 0 Å². The Morgan fingerprint density at radius 2 is 1.73 bits per heavy atom. The minimum absolute atomic E-state index is 0.171. The lowest BCUT2D eigenvalue weighted by atomic mass is 10.1. The number of thiophene rings is 1. The van der Waals surface area contributed by atoms with Gasteiger partial charge in [-0.05, 0) is 19.1 Å². The van der Waals surface area contributed by atoms with Crippen LogP contribution in [-0.4, -0.2) is 12.1 Å². The second kappa shape index (κ2) is 3.71. The Morgan fingerprint density at radius 1 is 1.20 bits per heavy atom. The molecule has 0 amide bonds. The van der Waals surface area contributed by atoms with Crippen molar-refractivity contribution in [2.45, 2.75) is 25.1 Å². The van der Waals surface area contributed by atoms with Crippen LogP contribution in [0.4, 0.5) is 22.0 Å². The fourth-order valence-corrected chi connectivity index (χ4v) is 1.89. The Hall–Kier alpha value is -0.690. The highest BCUT2D eigenvalue weighted by Gasteiger charge is 2.62. The van der Waals surface area contributed by atoms with Gasteiger partial charge in [-0.2, -0.15) is 22.0 Å². The van der Waals surface area contributed by atoms with Gasteiger partial charge in [-0.1, -0.05) is 0 Å². The summed E-state index contributed by atoms with van der Waals surface area (Å²) in [5, 5.41) is 0. The average molecular weight is 245 g/mol. The van der Waals surface area contributed by atoms with Crippen LogP contribution in [-0.2, 0) is 0 Å². The quantitative estimate of drug-likeness (QED) is 0.795. The van der Waals surface area contributed by atoms with E-state index in [0.29, 0.717) is 4.88 Å². The molecule has 0 bridgehead atoms. The van der Waals surface area contributed by atoms with Gasteiger partial charge in [0.2, 0.25) is 0 Å². The lowest BCUT2D eigenvalue weighted by Crippen LogP contribution is -2.45. The zero-order valence-corrected chi connectivity index (χ0v) is 8.42.